The van der Waals surface area contributed by atoms with E-state index in [2.05, 4.69) is 46.6 Å². The van der Waals surface area contributed by atoms with Crippen LogP contribution in [0.3, 0.4) is 0 Å². The van der Waals surface area contributed by atoms with Gasteiger partial charge in [0.05, 0.1) is 6.04 Å². The van der Waals surface area contributed by atoms with Crippen LogP contribution in [-0.4, -0.2) is 42.0 Å². The van der Waals surface area contributed by atoms with Crippen molar-refractivity contribution in [1.29, 1.82) is 0 Å². The van der Waals surface area contributed by atoms with Crippen molar-refractivity contribution >= 4 is 23.3 Å². The van der Waals surface area contributed by atoms with Gasteiger partial charge in [0.1, 0.15) is 0 Å². The molecule has 0 aromatic heterocycles. The predicted octanol–water partition coefficient (Wildman–Crippen LogP) is 5.59. The molecule has 154 valence electrons. The monoisotopic (exact) mass is 419 g/mol. The highest BCUT2D eigenvalue weighted by molar-refractivity contribution is 6.30. The minimum atomic E-state index is -0.0355. The van der Waals surface area contributed by atoms with Gasteiger partial charge in [-0.2, -0.15) is 0 Å². The Hall–Kier alpha value is -2.82. The van der Waals surface area contributed by atoms with Crippen LogP contribution in [0.25, 0.3) is 0 Å². The SMILES string of the molecule is Cc1ccccc1NC(=O)N1CCN([C@H](c2ccccc2)c2ccc(Cl)cc2)CC1. The average molecular weight is 420 g/mol. The molecule has 0 bridgehead atoms. The molecule has 0 saturated carbocycles. The number of amides is 2. The molecule has 3 aromatic rings. The molecule has 5 heteroatoms. The van der Waals surface area contributed by atoms with E-state index in [1.807, 2.05) is 54.3 Å². The highest BCUT2D eigenvalue weighted by Gasteiger charge is 2.28. The van der Waals surface area contributed by atoms with Crippen LogP contribution in [0.5, 0.6) is 0 Å². The largest absolute Gasteiger partial charge is 0.322 e. The van der Waals surface area contributed by atoms with E-state index in [1.165, 1.54) is 11.1 Å². The molecule has 3 aromatic carbocycles. The second kappa shape index (κ2) is 9.33. The van der Waals surface area contributed by atoms with Crippen molar-refractivity contribution in [1.82, 2.24) is 9.80 Å². The molecule has 1 saturated heterocycles. The summed E-state index contributed by atoms with van der Waals surface area (Å²) in [6.07, 6.45) is 0. The Labute approximate surface area is 183 Å². The summed E-state index contributed by atoms with van der Waals surface area (Å²) in [6.45, 7) is 5.00. The lowest BCUT2D eigenvalue weighted by Crippen LogP contribution is -2.51. The molecule has 1 fully saturated rings. The molecule has 1 aliphatic rings. The summed E-state index contributed by atoms with van der Waals surface area (Å²) in [4.78, 5) is 17.1. The van der Waals surface area contributed by atoms with Gasteiger partial charge in [0.2, 0.25) is 0 Å². The minimum absolute atomic E-state index is 0.0355. The Kier molecular flexibility index (Phi) is 6.36. The van der Waals surface area contributed by atoms with Crippen molar-refractivity contribution in [2.75, 3.05) is 31.5 Å². The molecule has 1 heterocycles. The number of urea groups is 1. The number of benzene rings is 3. The first kappa shape index (κ1) is 20.5. The number of hydrogen-bond donors (Lipinski definition) is 1. The van der Waals surface area contributed by atoms with Gasteiger partial charge < -0.3 is 10.2 Å². The number of carbonyl (C=O) groups excluding carboxylic acids is 1. The molecule has 0 aliphatic carbocycles. The fourth-order valence-corrected chi connectivity index (χ4v) is 4.11. The third-order valence-corrected chi connectivity index (χ3v) is 5.91. The molecule has 0 spiro atoms. The highest BCUT2D eigenvalue weighted by Crippen LogP contribution is 2.30. The second-order valence-corrected chi connectivity index (χ2v) is 8.07. The fraction of sp³-hybridized carbons (Fsp3) is 0.240. The Morgan fingerprint density at radius 3 is 2.10 bits per heavy atom. The average Bonchev–Trinajstić information content (AvgIpc) is 2.78. The molecule has 1 aliphatic heterocycles. The van der Waals surface area contributed by atoms with E-state index in [1.54, 1.807) is 0 Å². The summed E-state index contributed by atoms with van der Waals surface area (Å²) in [5, 5.41) is 3.79. The highest BCUT2D eigenvalue weighted by atomic mass is 35.5. The van der Waals surface area contributed by atoms with E-state index in [0.717, 1.165) is 29.4 Å². The van der Waals surface area contributed by atoms with E-state index in [-0.39, 0.29) is 12.1 Å². The molecule has 4 nitrogen and oxygen atoms in total. The smallest absolute Gasteiger partial charge is 0.321 e. The predicted molar refractivity (Wildman–Crippen MR) is 123 cm³/mol. The number of nitrogens with zero attached hydrogens (tertiary/aromatic N) is 2. The van der Waals surface area contributed by atoms with Gasteiger partial charge in [-0.05, 0) is 41.8 Å². The lowest BCUT2D eigenvalue weighted by molar-refractivity contribution is 0.126. The maximum Gasteiger partial charge on any atom is 0.321 e. The fourth-order valence-electron chi connectivity index (χ4n) is 3.99. The second-order valence-electron chi connectivity index (χ2n) is 7.63. The van der Waals surface area contributed by atoms with E-state index in [0.29, 0.717) is 13.1 Å². The number of piperazine rings is 1. The first-order chi connectivity index (χ1) is 14.6. The van der Waals surface area contributed by atoms with Crippen molar-refractivity contribution in [2.24, 2.45) is 0 Å². The van der Waals surface area contributed by atoms with E-state index in [4.69, 9.17) is 11.6 Å². The normalized spacial score (nSPS) is 15.6. The molecule has 1 N–H and O–H groups in total. The molecule has 4 rings (SSSR count). The molecule has 1 atom stereocenters. The molecule has 0 radical (unpaired) electrons. The van der Waals surface area contributed by atoms with Crippen LogP contribution < -0.4 is 5.32 Å². The first-order valence-corrected chi connectivity index (χ1v) is 10.7. The van der Waals surface area contributed by atoms with Crippen LogP contribution in [0.15, 0.2) is 78.9 Å². The van der Waals surface area contributed by atoms with E-state index in [9.17, 15) is 4.79 Å². The van der Waals surface area contributed by atoms with E-state index < -0.39 is 0 Å². The van der Waals surface area contributed by atoms with Crippen molar-refractivity contribution in [3.05, 3.63) is 101 Å². The minimum Gasteiger partial charge on any atom is -0.322 e. The van der Waals surface area contributed by atoms with Crippen molar-refractivity contribution in [2.45, 2.75) is 13.0 Å². The Balaban J connectivity index is 1.47. The zero-order valence-electron chi connectivity index (χ0n) is 17.1. The molecule has 0 unspecified atom stereocenters. The van der Waals surface area contributed by atoms with Crippen molar-refractivity contribution in [3.8, 4) is 0 Å². The summed E-state index contributed by atoms with van der Waals surface area (Å²) in [5.41, 5.74) is 4.39. The van der Waals surface area contributed by atoms with Crippen LogP contribution in [0.2, 0.25) is 5.02 Å². The van der Waals surface area contributed by atoms with Crippen LogP contribution in [-0.2, 0) is 0 Å². The van der Waals surface area contributed by atoms with Gasteiger partial charge in [-0.1, -0.05) is 72.3 Å². The van der Waals surface area contributed by atoms with Crippen molar-refractivity contribution < 1.29 is 4.79 Å². The third-order valence-electron chi connectivity index (χ3n) is 5.65. The van der Waals surface area contributed by atoms with Gasteiger partial charge >= 0.3 is 6.03 Å². The number of para-hydroxylation sites is 1. The summed E-state index contributed by atoms with van der Waals surface area (Å²) in [5.74, 6) is 0. The zero-order valence-corrected chi connectivity index (χ0v) is 17.8. The molecule has 2 amide bonds. The number of carbonyl (C=O) groups is 1. The Morgan fingerprint density at radius 1 is 0.833 bits per heavy atom. The van der Waals surface area contributed by atoms with Crippen LogP contribution >= 0.6 is 11.6 Å². The quantitative estimate of drug-likeness (QED) is 0.598. The first-order valence-electron chi connectivity index (χ1n) is 10.3. The van der Waals surface area contributed by atoms with Gasteiger partial charge in [-0.15, -0.1) is 0 Å². The van der Waals surface area contributed by atoms with E-state index >= 15 is 0 Å². The molecular formula is C25H26ClN3O. The molecule has 30 heavy (non-hydrogen) atoms. The summed E-state index contributed by atoms with van der Waals surface area (Å²) in [7, 11) is 0. The van der Waals surface area contributed by atoms with Crippen LogP contribution in [0, 0.1) is 6.92 Å². The van der Waals surface area contributed by atoms with Gasteiger partial charge in [0, 0.05) is 36.9 Å². The summed E-state index contributed by atoms with van der Waals surface area (Å²) in [6, 6.07) is 26.6. The third kappa shape index (κ3) is 4.66. The number of halogens is 1. The Bertz CT molecular complexity index is 983. The maximum atomic E-state index is 12.8. The standard InChI is InChI=1S/C25H26ClN3O/c1-19-7-5-6-10-23(19)27-25(30)29-17-15-28(16-18-29)24(20-8-3-2-4-9-20)21-11-13-22(26)14-12-21/h2-14,24H,15-18H2,1H3,(H,27,30)/t24-/m1/s1. The van der Waals surface area contributed by atoms with Crippen LogP contribution in [0.4, 0.5) is 10.5 Å². The number of nitrogens with one attached hydrogen (secondary N) is 1. The molecular weight excluding hydrogens is 394 g/mol. The number of hydrogen-bond acceptors (Lipinski definition) is 2. The summed E-state index contributed by atoms with van der Waals surface area (Å²) >= 11 is 6.11. The van der Waals surface area contributed by atoms with Gasteiger partial charge in [0.15, 0.2) is 0 Å². The number of anilines is 1. The lowest BCUT2D eigenvalue weighted by Gasteiger charge is -2.39. The van der Waals surface area contributed by atoms with Gasteiger partial charge in [-0.3, -0.25) is 4.90 Å². The van der Waals surface area contributed by atoms with Gasteiger partial charge in [-0.25, -0.2) is 4.79 Å². The van der Waals surface area contributed by atoms with Gasteiger partial charge in [0.25, 0.3) is 0 Å². The van der Waals surface area contributed by atoms with Crippen LogP contribution in [0.1, 0.15) is 22.7 Å². The lowest BCUT2D eigenvalue weighted by atomic mass is 9.96. The summed E-state index contributed by atoms with van der Waals surface area (Å²) < 4.78 is 0. The van der Waals surface area contributed by atoms with Crippen molar-refractivity contribution in [3.63, 3.8) is 0 Å². The maximum absolute atomic E-state index is 12.8. The number of rotatable bonds is 4. The zero-order chi connectivity index (χ0) is 20.9. The Morgan fingerprint density at radius 2 is 1.43 bits per heavy atom. The topological polar surface area (TPSA) is 35.6 Å². The number of aryl methyl sites for hydroxylation is 1.